The summed E-state index contributed by atoms with van der Waals surface area (Å²) in [6, 6.07) is 27.5. The third kappa shape index (κ3) is 19.4. The highest BCUT2D eigenvalue weighted by molar-refractivity contribution is 6.99. The molecule has 2 N–H and O–H groups in total. The summed E-state index contributed by atoms with van der Waals surface area (Å²) in [6.45, 7) is 24.5. The smallest absolute Gasteiger partial charge is 0.407 e. The fraction of sp³-hybridized carbons (Fsp3) is 0.528. The summed E-state index contributed by atoms with van der Waals surface area (Å²) < 4.78 is 35.5. The first-order valence-electron chi connectivity index (χ1n) is 23.7. The summed E-state index contributed by atoms with van der Waals surface area (Å²) in [6.07, 6.45) is 0.461. The van der Waals surface area contributed by atoms with Crippen LogP contribution in [0, 0.1) is 11.8 Å². The molecule has 0 saturated heterocycles. The van der Waals surface area contributed by atoms with Gasteiger partial charge < -0.3 is 38.7 Å². The van der Waals surface area contributed by atoms with Crippen molar-refractivity contribution in [1.82, 2.24) is 10.6 Å². The molecule has 68 heavy (non-hydrogen) atoms. The van der Waals surface area contributed by atoms with Crippen LogP contribution in [-0.2, 0) is 49.0 Å². The number of alkyl carbamates (subject to hydrolysis) is 1. The number of carbonyl (C=O) groups is 5. The lowest BCUT2D eigenvalue weighted by Gasteiger charge is -2.44. The van der Waals surface area contributed by atoms with Crippen molar-refractivity contribution < 1.29 is 52.1 Å². The number of nitrogens with one attached hydrogen (secondary N) is 2. The van der Waals surface area contributed by atoms with Crippen LogP contribution in [0.3, 0.4) is 0 Å². The van der Waals surface area contributed by atoms with Crippen molar-refractivity contribution in [2.24, 2.45) is 11.8 Å². The van der Waals surface area contributed by atoms with Crippen molar-refractivity contribution in [3.05, 3.63) is 103 Å². The van der Waals surface area contributed by atoms with Crippen LogP contribution in [0.2, 0.25) is 30.7 Å². The van der Waals surface area contributed by atoms with Gasteiger partial charge in [-0.25, -0.2) is 14.4 Å². The Morgan fingerprint density at radius 3 is 1.87 bits per heavy atom. The first kappa shape index (κ1) is 57.1. The van der Waals surface area contributed by atoms with E-state index in [-0.39, 0.29) is 56.4 Å². The van der Waals surface area contributed by atoms with E-state index >= 15 is 0 Å². The van der Waals surface area contributed by atoms with Crippen LogP contribution in [0.15, 0.2) is 97.1 Å². The van der Waals surface area contributed by atoms with Crippen LogP contribution in [0.5, 0.6) is 5.75 Å². The monoisotopic (exact) mass is 975 g/mol. The van der Waals surface area contributed by atoms with E-state index in [0.29, 0.717) is 5.75 Å². The fourth-order valence-corrected chi connectivity index (χ4v) is 12.8. The zero-order chi connectivity index (χ0) is 50.7. The number of hydrogen-bond donors (Lipinski definition) is 2. The Morgan fingerprint density at radius 2 is 1.35 bits per heavy atom. The fourth-order valence-electron chi connectivity index (χ4n) is 7.44. The number of rotatable bonds is 25. The van der Waals surface area contributed by atoms with Crippen molar-refractivity contribution in [2.45, 2.75) is 143 Å². The molecular formula is C53H78N2O11Si2. The van der Waals surface area contributed by atoms with Crippen LogP contribution >= 0.6 is 0 Å². The highest BCUT2D eigenvalue weighted by Gasteiger charge is 2.50. The Balaban J connectivity index is 1.93. The highest BCUT2D eigenvalue weighted by Crippen LogP contribution is 2.37. The lowest BCUT2D eigenvalue weighted by atomic mass is 10.0. The van der Waals surface area contributed by atoms with Gasteiger partial charge >= 0.3 is 24.0 Å². The Morgan fingerprint density at radius 1 is 0.765 bits per heavy atom. The van der Waals surface area contributed by atoms with Gasteiger partial charge in [-0.05, 0) is 78.3 Å². The zero-order valence-corrected chi connectivity index (χ0v) is 44.8. The predicted octanol–water partition coefficient (Wildman–Crippen LogP) is 8.55. The Bertz CT molecular complexity index is 2040. The van der Waals surface area contributed by atoms with Crippen LogP contribution in [-0.4, -0.2) is 97.0 Å². The van der Waals surface area contributed by atoms with E-state index in [1.54, 1.807) is 46.1 Å². The van der Waals surface area contributed by atoms with Crippen molar-refractivity contribution in [1.29, 1.82) is 0 Å². The molecule has 0 fully saturated rings. The minimum atomic E-state index is -3.01. The number of hydrogen-bond acceptors (Lipinski definition) is 11. The van der Waals surface area contributed by atoms with Crippen LogP contribution in [0.1, 0.15) is 87.1 Å². The van der Waals surface area contributed by atoms with Gasteiger partial charge in [0.15, 0.2) is 6.10 Å². The average Bonchev–Trinajstić information content (AvgIpc) is 3.25. The standard InChI is InChI=1S/C53H78N2O11Si2/c1-38(2)35-46(64-48(57)31-32-54-51(60)66-52(4,5)6)50(59)65-45(39(3)37-63-68(53(7,8)9,42-21-16-14-17-22-42)43-23-18-15-19-24-43)25-20-26-47(56)55-44(49(58)62-33-34-67(11,12)13)36-40-27-29-41(61-10)30-28-40/h14-24,26-30,38-39,44-46H,25,31-37H2,1-13H3,(H,54,60)(H,55,56)/b26-20+/t39-,44-,45+,46+/m1/s1. The quantitative estimate of drug-likeness (QED) is 0.0362. The molecule has 0 aliphatic heterocycles. The largest absolute Gasteiger partial charge is 0.497 e. The first-order valence-corrected chi connectivity index (χ1v) is 29.3. The number of amides is 2. The Hall–Kier alpha value is -5.26. The van der Waals surface area contributed by atoms with Gasteiger partial charge in [0.2, 0.25) is 5.91 Å². The van der Waals surface area contributed by atoms with Crippen LogP contribution < -0.4 is 25.7 Å². The normalized spacial score (nSPS) is 14.0. The van der Waals surface area contributed by atoms with E-state index in [0.717, 1.165) is 22.0 Å². The molecule has 15 heteroatoms. The maximum Gasteiger partial charge on any atom is 0.407 e. The highest BCUT2D eigenvalue weighted by atomic mass is 28.4. The van der Waals surface area contributed by atoms with Gasteiger partial charge in [-0.3, -0.25) is 9.59 Å². The molecule has 0 radical (unpaired) electrons. The van der Waals surface area contributed by atoms with Gasteiger partial charge in [-0.2, -0.15) is 0 Å². The SMILES string of the molecule is COc1ccc(C[C@@H](NC(=O)/C=C/C[C@H](OC(=O)[C@H](CC(C)C)OC(=O)CCNC(=O)OC(C)(C)C)[C@H](C)CO[Si](c2ccccc2)(c2ccccc2)C(C)(C)C)C(=O)OCC[Si](C)(C)C)cc1. The molecule has 3 aromatic rings. The van der Waals surface area contributed by atoms with Crippen molar-refractivity contribution in [3.8, 4) is 5.75 Å². The van der Waals surface area contributed by atoms with E-state index in [1.165, 1.54) is 6.08 Å². The number of ether oxygens (including phenoxy) is 5. The number of esters is 3. The van der Waals surface area contributed by atoms with Gasteiger partial charge in [0.1, 0.15) is 23.5 Å². The maximum absolute atomic E-state index is 14.2. The van der Waals surface area contributed by atoms with Crippen LogP contribution in [0.25, 0.3) is 0 Å². The summed E-state index contributed by atoms with van der Waals surface area (Å²) in [5.74, 6) is -2.31. The summed E-state index contributed by atoms with van der Waals surface area (Å²) in [5, 5.41) is 7.23. The Kier molecular flexibility index (Phi) is 22.2. The van der Waals surface area contributed by atoms with E-state index in [9.17, 15) is 24.0 Å². The van der Waals surface area contributed by atoms with Gasteiger partial charge in [-0.1, -0.05) is 140 Å². The summed E-state index contributed by atoms with van der Waals surface area (Å²) in [7, 11) is -2.94. The van der Waals surface area contributed by atoms with Gasteiger partial charge in [0.05, 0.1) is 20.1 Å². The minimum absolute atomic E-state index is 0.0497. The molecule has 0 spiro atoms. The van der Waals surface area contributed by atoms with E-state index in [4.69, 9.17) is 28.1 Å². The van der Waals surface area contributed by atoms with Crippen molar-refractivity contribution in [2.75, 3.05) is 26.9 Å². The molecule has 0 aliphatic rings. The first-order chi connectivity index (χ1) is 31.8. The average molecular weight is 975 g/mol. The number of methoxy groups -OCH3 is 1. The zero-order valence-electron chi connectivity index (χ0n) is 42.8. The molecule has 0 bridgehead atoms. The molecular weight excluding hydrogens is 897 g/mol. The second-order valence-electron chi connectivity index (χ2n) is 20.9. The summed E-state index contributed by atoms with van der Waals surface area (Å²) >= 11 is 0. The molecule has 0 heterocycles. The maximum atomic E-state index is 14.2. The van der Waals surface area contributed by atoms with E-state index in [1.807, 2.05) is 69.3 Å². The van der Waals surface area contributed by atoms with Gasteiger partial charge in [0, 0.05) is 40.0 Å². The summed E-state index contributed by atoms with van der Waals surface area (Å²) in [5.41, 5.74) is 0.0922. The second-order valence-corrected chi connectivity index (χ2v) is 30.9. The molecule has 4 atom stereocenters. The van der Waals surface area contributed by atoms with E-state index < -0.39 is 76.1 Å². The summed E-state index contributed by atoms with van der Waals surface area (Å²) in [4.78, 5) is 66.6. The molecule has 0 unspecified atom stereocenters. The Labute approximate surface area is 407 Å². The molecule has 0 aliphatic carbocycles. The van der Waals surface area contributed by atoms with E-state index in [2.05, 4.69) is 75.3 Å². The lowest BCUT2D eigenvalue weighted by Crippen LogP contribution is -2.67. The topological polar surface area (TPSA) is 165 Å². The molecule has 3 rings (SSSR count). The molecule has 3 aromatic carbocycles. The minimum Gasteiger partial charge on any atom is -0.497 e. The van der Waals surface area contributed by atoms with Gasteiger partial charge in [-0.15, -0.1) is 0 Å². The third-order valence-corrected chi connectivity index (χ3v) is 17.7. The van der Waals surface area contributed by atoms with Gasteiger partial charge in [0.25, 0.3) is 8.32 Å². The van der Waals surface area contributed by atoms with Crippen molar-refractivity contribution >= 4 is 56.7 Å². The molecule has 13 nitrogen and oxygen atoms in total. The molecule has 374 valence electrons. The van der Waals surface area contributed by atoms with Crippen molar-refractivity contribution in [3.63, 3.8) is 0 Å². The number of benzene rings is 3. The number of carbonyl (C=O) groups excluding carboxylic acids is 5. The molecule has 0 saturated carbocycles. The predicted molar refractivity (Wildman–Crippen MR) is 272 cm³/mol. The molecule has 0 aromatic heterocycles. The van der Waals surface area contributed by atoms with Crippen LogP contribution in [0.4, 0.5) is 4.79 Å². The lowest BCUT2D eigenvalue weighted by molar-refractivity contribution is -0.174. The molecule has 2 amide bonds. The third-order valence-electron chi connectivity index (χ3n) is 11.0. The second kappa shape index (κ2) is 26.5.